The highest BCUT2D eigenvalue weighted by atomic mass is 32.2. The van der Waals surface area contributed by atoms with Gasteiger partial charge in [-0.15, -0.1) is 0 Å². The highest BCUT2D eigenvalue weighted by Gasteiger charge is 2.27. The Morgan fingerprint density at radius 2 is 2.26 bits per heavy atom. The number of nitrogens with one attached hydrogen (secondary N) is 1. The molecule has 0 aromatic carbocycles. The largest absolute Gasteiger partial charge is 0.380 e. The van der Waals surface area contributed by atoms with Crippen LogP contribution in [-0.4, -0.2) is 51.3 Å². The Balaban J connectivity index is 2.41. The molecule has 1 saturated heterocycles. The summed E-state index contributed by atoms with van der Waals surface area (Å²) >= 11 is 0. The van der Waals surface area contributed by atoms with Crippen molar-refractivity contribution in [1.82, 2.24) is 9.73 Å². The van der Waals surface area contributed by atoms with Gasteiger partial charge >= 0.3 is 0 Å². The lowest BCUT2D eigenvalue weighted by molar-refractivity contribution is 0.0989. The molecule has 6 nitrogen and oxygen atoms in total. The van der Waals surface area contributed by atoms with Crippen LogP contribution in [-0.2, 0) is 14.8 Å². The van der Waals surface area contributed by atoms with E-state index in [1.165, 1.54) is 6.26 Å². The summed E-state index contributed by atoms with van der Waals surface area (Å²) in [6, 6.07) is 0.0936. The molecule has 0 aliphatic carbocycles. The first-order chi connectivity index (χ1) is 8.97. The first-order valence-corrected chi connectivity index (χ1v) is 8.81. The molecule has 1 aliphatic heterocycles. The van der Waals surface area contributed by atoms with Crippen molar-refractivity contribution in [2.45, 2.75) is 38.6 Å². The summed E-state index contributed by atoms with van der Waals surface area (Å²) < 4.78 is 30.2. The number of nitrogens with two attached hydrogens (primary N) is 1. The van der Waals surface area contributed by atoms with Gasteiger partial charge in [-0.2, -0.15) is 0 Å². The number of ether oxygens (including phenoxy) is 1. The van der Waals surface area contributed by atoms with Crippen LogP contribution in [0.25, 0.3) is 0 Å². The molecule has 0 bridgehead atoms. The van der Waals surface area contributed by atoms with Crippen LogP contribution in [0.4, 0.5) is 0 Å². The Labute approximate surface area is 116 Å². The van der Waals surface area contributed by atoms with Crippen LogP contribution in [0.2, 0.25) is 0 Å². The van der Waals surface area contributed by atoms with Crippen LogP contribution >= 0.6 is 0 Å². The van der Waals surface area contributed by atoms with Crippen molar-refractivity contribution in [2.75, 3.05) is 32.6 Å². The minimum Gasteiger partial charge on any atom is -0.380 e. The van der Waals surface area contributed by atoms with E-state index >= 15 is 0 Å². The molecule has 1 fully saturated rings. The van der Waals surface area contributed by atoms with E-state index in [4.69, 9.17) is 10.6 Å². The van der Waals surface area contributed by atoms with Crippen LogP contribution in [0.5, 0.6) is 0 Å². The maximum absolute atomic E-state index is 11.6. The van der Waals surface area contributed by atoms with Gasteiger partial charge in [0.2, 0.25) is 10.0 Å². The van der Waals surface area contributed by atoms with Gasteiger partial charge in [0, 0.05) is 25.7 Å². The van der Waals surface area contributed by atoms with Gasteiger partial charge in [0.1, 0.15) is 0 Å². The molecule has 19 heavy (non-hydrogen) atoms. The van der Waals surface area contributed by atoms with E-state index < -0.39 is 10.0 Å². The second kappa shape index (κ2) is 8.16. The molecule has 0 aromatic heterocycles. The quantitative estimate of drug-likeness (QED) is 0.382. The fourth-order valence-corrected chi connectivity index (χ4v) is 3.42. The molecule has 2 unspecified atom stereocenters. The Morgan fingerprint density at radius 1 is 1.53 bits per heavy atom. The average Bonchev–Trinajstić information content (AvgIpc) is 2.37. The summed E-state index contributed by atoms with van der Waals surface area (Å²) in [7, 11) is -3.07. The molecule has 2 atom stereocenters. The zero-order valence-corrected chi connectivity index (χ0v) is 12.8. The third kappa shape index (κ3) is 6.18. The Kier molecular flexibility index (Phi) is 7.23. The molecule has 0 radical (unpaired) electrons. The van der Waals surface area contributed by atoms with Crippen molar-refractivity contribution in [3.8, 4) is 0 Å². The van der Waals surface area contributed by atoms with E-state index in [0.717, 1.165) is 32.3 Å². The first kappa shape index (κ1) is 16.8. The lowest BCUT2D eigenvalue weighted by Gasteiger charge is -2.32. The standard InChI is InChI=1S/C12H27N3O3S/c1-3-7-18-10-12(14-13)8-11-5-4-6-15(9-11)19(2,16)17/h11-12,14H,3-10,13H2,1-2H3. The van der Waals surface area contributed by atoms with E-state index in [1.54, 1.807) is 4.31 Å². The fraction of sp³-hybridized carbons (Fsp3) is 1.00. The molecular formula is C12H27N3O3S. The van der Waals surface area contributed by atoms with E-state index in [9.17, 15) is 8.42 Å². The lowest BCUT2D eigenvalue weighted by Crippen LogP contribution is -2.44. The molecule has 1 heterocycles. The maximum atomic E-state index is 11.6. The van der Waals surface area contributed by atoms with Gasteiger partial charge in [0.25, 0.3) is 0 Å². The van der Waals surface area contributed by atoms with Gasteiger partial charge in [0.05, 0.1) is 12.9 Å². The van der Waals surface area contributed by atoms with Crippen LogP contribution in [0.15, 0.2) is 0 Å². The average molecular weight is 293 g/mol. The molecule has 1 aliphatic rings. The molecule has 0 amide bonds. The molecule has 0 spiro atoms. The van der Waals surface area contributed by atoms with E-state index in [1.807, 2.05) is 0 Å². The summed E-state index contributed by atoms with van der Waals surface area (Å²) in [5.41, 5.74) is 2.77. The van der Waals surface area contributed by atoms with Gasteiger partial charge in [-0.3, -0.25) is 11.3 Å². The smallest absolute Gasteiger partial charge is 0.211 e. The first-order valence-electron chi connectivity index (χ1n) is 6.96. The van der Waals surface area contributed by atoms with Gasteiger partial charge in [-0.25, -0.2) is 12.7 Å². The van der Waals surface area contributed by atoms with Crippen molar-refractivity contribution in [2.24, 2.45) is 11.8 Å². The number of hydrogen-bond donors (Lipinski definition) is 2. The van der Waals surface area contributed by atoms with Crippen molar-refractivity contribution in [3.05, 3.63) is 0 Å². The lowest BCUT2D eigenvalue weighted by atomic mass is 9.93. The number of piperidine rings is 1. The van der Waals surface area contributed by atoms with Crippen molar-refractivity contribution in [1.29, 1.82) is 0 Å². The SMILES string of the molecule is CCCOCC(CC1CCCN(S(C)(=O)=O)C1)NN. The highest BCUT2D eigenvalue weighted by molar-refractivity contribution is 7.88. The van der Waals surface area contributed by atoms with E-state index in [2.05, 4.69) is 12.3 Å². The summed E-state index contributed by atoms with van der Waals surface area (Å²) in [5, 5.41) is 0. The Bertz CT molecular complexity index is 348. The van der Waals surface area contributed by atoms with Crippen LogP contribution < -0.4 is 11.3 Å². The number of hydrogen-bond acceptors (Lipinski definition) is 5. The molecule has 114 valence electrons. The molecule has 3 N–H and O–H groups in total. The molecular weight excluding hydrogens is 266 g/mol. The number of hydrazine groups is 1. The summed E-state index contributed by atoms with van der Waals surface area (Å²) in [6.07, 6.45) is 5.09. The van der Waals surface area contributed by atoms with Gasteiger partial charge in [-0.1, -0.05) is 6.92 Å². The second-order valence-electron chi connectivity index (χ2n) is 5.30. The Hall–Kier alpha value is -0.210. The summed E-state index contributed by atoms with van der Waals surface area (Å²) in [5.74, 6) is 5.89. The summed E-state index contributed by atoms with van der Waals surface area (Å²) in [4.78, 5) is 0. The molecule has 7 heteroatoms. The monoisotopic (exact) mass is 293 g/mol. The minimum absolute atomic E-state index is 0.0936. The van der Waals surface area contributed by atoms with E-state index in [0.29, 0.717) is 25.6 Å². The zero-order chi connectivity index (χ0) is 14.3. The molecule has 1 rings (SSSR count). The minimum atomic E-state index is -3.07. The molecule has 0 aromatic rings. The predicted molar refractivity (Wildman–Crippen MR) is 76.0 cm³/mol. The summed E-state index contributed by atoms with van der Waals surface area (Å²) in [6.45, 7) is 4.63. The second-order valence-corrected chi connectivity index (χ2v) is 7.29. The van der Waals surface area contributed by atoms with Crippen molar-refractivity contribution in [3.63, 3.8) is 0 Å². The van der Waals surface area contributed by atoms with Crippen LogP contribution in [0, 0.1) is 5.92 Å². The maximum Gasteiger partial charge on any atom is 0.211 e. The highest BCUT2D eigenvalue weighted by Crippen LogP contribution is 2.22. The fourth-order valence-electron chi connectivity index (χ4n) is 2.48. The number of nitrogens with zero attached hydrogens (tertiary/aromatic N) is 1. The van der Waals surface area contributed by atoms with E-state index in [-0.39, 0.29) is 6.04 Å². The Morgan fingerprint density at radius 3 is 2.84 bits per heavy atom. The van der Waals surface area contributed by atoms with Gasteiger partial charge < -0.3 is 4.74 Å². The van der Waals surface area contributed by atoms with Gasteiger partial charge in [-0.05, 0) is 31.6 Å². The number of sulfonamides is 1. The topological polar surface area (TPSA) is 84.7 Å². The van der Waals surface area contributed by atoms with Crippen LogP contribution in [0.1, 0.15) is 32.6 Å². The predicted octanol–water partition coefficient (Wildman–Crippen LogP) is 0.307. The molecule has 0 saturated carbocycles. The zero-order valence-electron chi connectivity index (χ0n) is 12.0. The van der Waals surface area contributed by atoms with Gasteiger partial charge in [0.15, 0.2) is 0 Å². The third-order valence-electron chi connectivity index (χ3n) is 3.47. The van der Waals surface area contributed by atoms with Crippen molar-refractivity contribution < 1.29 is 13.2 Å². The third-order valence-corrected chi connectivity index (χ3v) is 4.74. The van der Waals surface area contributed by atoms with Crippen molar-refractivity contribution >= 4 is 10.0 Å². The van der Waals surface area contributed by atoms with Crippen LogP contribution in [0.3, 0.4) is 0 Å². The normalized spacial score (nSPS) is 23.4. The number of rotatable bonds is 8.